The van der Waals surface area contributed by atoms with Gasteiger partial charge in [-0.3, -0.25) is 0 Å². The van der Waals surface area contributed by atoms with E-state index in [-0.39, 0.29) is 0 Å². The first-order chi connectivity index (χ1) is 9.26. The number of likely N-dealkylation sites (N-methyl/N-ethyl adjacent to an activating group) is 1. The topological polar surface area (TPSA) is 37.8 Å². The molecule has 1 heterocycles. The second-order valence-corrected chi connectivity index (χ2v) is 5.98. The monoisotopic (exact) mass is 339 g/mol. The van der Waals surface area contributed by atoms with E-state index in [1.807, 2.05) is 6.07 Å². The smallest absolute Gasteiger partial charge is 0.0801 e. The molecule has 0 aliphatic carbocycles. The first-order valence-corrected chi connectivity index (χ1v) is 8.10. The molecular formula is C14H18BrN3S. The van der Waals surface area contributed by atoms with Crippen molar-refractivity contribution >= 4 is 27.5 Å². The zero-order valence-corrected chi connectivity index (χ0v) is 13.6. The van der Waals surface area contributed by atoms with Gasteiger partial charge in [0, 0.05) is 10.5 Å². The lowest BCUT2D eigenvalue weighted by Gasteiger charge is -2.17. The Morgan fingerprint density at radius 1 is 1.32 bits per heavy atom. The van der Waals surface area contributed by atoms with Crippen molar-refractivity contribution in [2.75, 3.05) is 6.54 Å². The Balaban J connectivity index is 2.24. The van der Waals surface area contributed by atoms with E-state index in [1.54, 1.807) is 0 Å². The van der Waals surface area contributed by atoms with E-state index in [9.17, 15) is 0 Å². The third-order valence-electron chi connectivity index (χ3n) is 3.07. The Morgan fingerprint density at radius 2 is 2.11 bits per heavy atom. The van der Waals surface area contributed by atoms with Gasteiger partial charge in [0.25, 0.3) is 0 Å². The summed E-state index contributed by atoms with van der Waals surface area (Å²) in [6, 6.07) is 8.66. The van der Waals surface area contributed by atoms with Crippen LogP contribution in [-0.4, -0.2) is 16.1 Å². The van der Waals surface area contributed by atoms with Gasteiger partial charge in [0.05, 0.1) is 10.6 Å². The summed E-state index contributed by atoms with van der Waals surface area (Å²) in [4.78, 5) is 1.26. The van der Waals surface area contributed by atoms with Gasteiger partial charge < -0.3 is 5.32 Å². The van der Waals surface area contributed by atoms with Gasteiger partial charge >= 0.3 is 0 Å². The van der Waals surface area contributed by atoms with Crippen LogP contribution in [0.3, 0.4) is 0 Å². The van der Waals surface area contributed by atoms with Crippen molar-refractivity contribution in [2.45, 2.75) is 32.7 Å². The number of nitrogens with one attached hydrogen (secondary N) is 1. The number of benzene rings is 1. The summed E-state index contributed by atoms with van der Waals surface area (Å²) < 4.78 is 5.26. The van der Waals surface area contributed by atoms with Crippen LogP contribution in [0, 0.1) is 0 Å². The first kappa shape index (κ1) is 14.6. The van der Waals surface area contributed by atoms with Gasteiger partial charge in [-0.05, 0) is 42.5 Å². The highest BCUT2D eigenvalue weighted by molar-refractivity contribution is 9.10. The molecule has 19 heavy (non-hydrogen) atoms. The van der Waals surface area contributed by atoms with Crippen LogP contribution in [0.4, 0.5) is 0 Å². The van der Waals surface area contributed by atoms with E-state index in [0.717, 1.165) is 29.6 Å². The molecule has 1 unspecified atom stereocenters. The Morgan fingerprint density at radius 3 is 2.79 bits per heavy atom. The van der Waals surface area contributed by atoms with Crippen molar-refractivity contribution in [1.29, 1.82) is 0 Å². The molecule has 0 saturated heterocycles. The fourth-order valence-corrected chi connectivity index (χ4v) is 3.37. The van der Waals surface area contributed by atoms with E-state index in [0.29, 0.717) is 6.04 Å². The minimum absolute atomic E-state index is 0.290. The quantitative estimate of drug-likeness (QED) is 0.870. The van der Waals surface area contributed by atoms with Gasteiger partial charge in [0.15, 0.2) is 0 Å². The average molecular weight is 340 g/mol. The molecule has 0 bridgehead atoms. The molecular weight excluding hydrogens is 322 g/mol. The zero-order chi connectivity index (χ0) is 13.7. The van der Waals surface area contributed by atoms with E-state index < -0.39 is 0 Å². The Kier molecular flexibility index (Phi) is 5.48. The summed E-state index contributed by atoms with van der Waals surface area (Å²) in [7, 11) is 0. The SMILES string of the molecule is CCNC(Cc1ccccc1Br)c1snnc1CC. The summed E-state index contributed by atoms with van der Waals surface area (Å²) in [6.07, 6.45) is 1.88. The second-order valence-electron chi connectivity index (χ2n) is 4.34. The fourth-order valence-electron chi connectivity index (χ4n) is 2.11. The zero-order valence-electron chi connectivity index (χ0n) is 11.2. The maximum absolute atomic E-state index is 4.22. The maximum Gasteiger partial charge on any atom is 0.0801 e. The van der Waals surface area contributed by atoms with E-state index >= 15 is 0 Å². The predicted molar refractivity (Wildman–Crippen MR) is 83.6 cm³/mol. The number of hydrogen-bond acceptors (Lipinski definition) is 4. The molecule has 3 nitrogen and oxygen atoms in total. The number of aromatic nitrogens is 2. The number of rotatable bonds is 6. The third-order valence-corrected chi connectivity index (χ3v) is 4.72. The predicted octanol–water partition coefficient (Wildman–Crippen LogP) is 3.76. The molecule has 0 aliphatic rings. The molecule has 0 fully saturated rings. The fraction of sp³-hybridized carbons (Fsp3) is 0.429. The lowest BCUT2D eigenvalue weighted by Crippen LogP contribution is -2.23. The van der Waals surface area contributed by atoms with Crippen LogP contribution in [-0.2, 0) is 12.8 Å². The Hall–Kier alpha value is -0.780. The number of nitrogens with zero attached hydrogens (tertiary/aromatic N) is 2. The van der Waals surface area contributed by atoms with Crippen molar-refractivity contribution in [1.82, 2.24) is 14.9 Å². The van der Waals surface area contributed by atoms with Gasteiger partial charge in [-0.15, -0.1) is 5.10 Å². The molecule has 0 aliphatic heterocycles. The van der Waals surface area contributed by atoms with Crippen molar-refractivity contribution in [2.24, 2.45) is 0 Å². The van der Waals surface area contributed by atoms with Crippen LogP contribution < -0.4 is 5.32 Å². The maximum atomic E-state index is 4.22. The molecule has 102 valence electrons. The van der Waals surface area contributed by atoms with Crippen LogP contribution in [0.2, 0.25) is 0 Å². The molecule has 1 N–H and O–H groups in total. The standard InChI is InChI=1S/C14H18BrN3S/c1-3-12-14(19-18-17-12)13(16-4-2)9-10-7-5-6-8-11(10)15/h5-8,13,16H,3-4,9H2,1-2H3. The third kappa shape index (κ3) is 3.61. The number of hydrogen-bond donors (Lipinski definition) is 1. The summed E-state index contributed by atoms with van der Waals surface area (Å²) in [5.41, 5.74) is 2.42. The van der Waals surface area contributed by atoms with Crippen molar-refractivity contribution < 1.29 is 0 Å². The molecule has 1 aromatic carbocycles. The normalized spacial score (nSPS) is 12.6. The number of aryl methyl sites for hydroxylation is 1. The van der Waals surface area contributed by atoms with Gasteiger partial charge in [0.1, 0.15) is 0 Å². The summed E-state index contributed by atoms with van der Waals surface area (Å²) in [5.74, 6) is 0. The minimum atomic E-state index is 0.290. The Bertz CT molecular complexity index is 527. The molecule has 1 atom stereocenters. The van der Waals surface area contributed by atoms with E-state index in [2.05, 4.69) is 62.9 Å². The summed E-state index contributed by atoms with van der Waals surface area (Å²) >= 11 is 5.13. The first-order valence-electron chi connectivity index (χ1n) is 6.54. The van der Waals surface area contributed by atoms with Crippen LogP contribution >= 0.6 is 27.5 Å². The molecule has 2 aromatic rings. The molecule has 2 rings (SSSR count). The van der Waals surface area contributed by atoms with Crippen molar-refractivity contribution in [3.05, 3.63) is 44.9 Å². The molecule has 5 heteroatoms. The highest BCUT2D eigenvalue weighted by atomic mass is 79.9. The van der Waals surface area contributed by atoms with Crippen LogP contribution in [0.1, 0.15) is 36.0 Å². The molecule has 0 amide bonds. The minimum Gasteiger partial charge on any atom is -0.309 e. The molecule has 0 radical (unpaired) electrons. The highest BCUT2D eigenvalue weighted by Crippen LogP contribution is 2.27. The van der Waals surface area contributed by atoms with Crippen molar-refractivity contribution in [3.63, 3.8) is 0 Å². The summed E-state index contributed by atoms with van der Waals surface area (Å²) in [5, 5.41) is 7.76. The highest BCUT2D eigenvalue weighted by Gasteiger charge is 2.18. The largest absolute Gasteiger partial charge is 0.309 e. The van der Waals surface area contributed by atoms with Gasteiger partial charge in [-0.25, -0.2) is 0 Å². The van der Waals surface area contributed by atoms with Gasteiger partial charge in [-0.1, -0.05) is 52.5 Å². The van der Waals surface area contributed by atoms with Crippen LogP contribution in [0.25, 0.3) is 0 Å². The lowest BCUT2D eigenvalue weighted by atomic mass is 10.0. The van der Waals surface area contributed by atoms with E-state index in [1.165, 1.54) is 22.0 Å². The van der Waals surface area contributed by atoms with E-state index in [4.69, 9.17) is 0 Å². The Labute approximate surface area is 126 Å². The lowest BCUT2D eigenvalue weighted by molar-refractivity contribution is 0.552. The average Bonchev–Trinajstić information content (AvgIpc) is 2.89. The number of halogens is 1. The van der Waals surface area contributed by atoms with Gasteiger partial charge in [-0.2, -0.15) is 0 Å². The molecule has 0 saturated carbocycles. The molecule has 1 aromatic heterocycles. The van der Waals surface area contributed by atoms with Crippen LogP contribution in [0.15, 0.2) is 28.7 Å². The van der Waals surface area contributed by atoms with Gasteiger partial charge in [0.2, 0.25) is 0 Å². The second kappa shape index (κ2) is 7.12. The molecule has 0 spiro atoms. The summed E-state index contributed by atoms with van der Waals surface area (Å²) in [6.45, 7) is 5.20. The van der Waals surface area contributed by atoms with Crippen molar-refractivity contribution in [3.8, 4) is 0 Å². The van der Waals surface area contributed by atoms with Crippen LogP contribution in [0.5, 0.6) is 0 Å².